The molecule has 0 aliphatic heterocycles. The molecular weight excluding hydrogens is 381 g/mol. The van der Waals surface area contributed by atoms with E-state index < -0.39 is 12.1 Å². The third kappa shape index (κ3) is 3.88. The van der Waals surface area contributed by atoms with Crippen molar-refractivity contribution in [2.45, 2.75) is 12.1 Å². The van der Waals surface area contributed by atoms with Crippen LogP contribution in [0.1, 0.15) is 17.2 Å². The smallest absolute Gasteiger partial charge is 0.137 e. The molecule has 0 saturated heterocycles. The van der Waals surface area contributed by atoms with Crippen LogP contribution in [0.2, 0.25) is 15.1 Å². The van der Waals surface area contributed by atoms with Crippen LogP contribution in [0.5, 0.6) is 0 Å². The Morgan fingerprint density at radius 3 is 2.48 bits per heavy atom. The predicted molar refractivity (Wildman–Crippen MR) is 101 cm³/mol. The Kier molecular flexibility index (Phi) is 5.45. The Labute approximate surface area is 160 Å². The summed E-state index contributed by atoms with van der Waals surface area (Å²) >= 11 is 18.4. The Hall–Kier alpha value is -1.85. The number of aromatic nitrogens is 3. The van der Waals surface area contributed by atoms with E-state index in [-0.39, 0.29) is 0 Å². The van der Waals surface area contributed by atoms with Crippen molar-refractivity contribution in [2.24, 2.45) is 0 Å². The van der Waals surface area contributed by atoms with E-state index in [1.54, 1.807) is 36.4 Å². The van der Waals surface area contributed by atoms with Crippen LogP contribution in [-0.2, 0) is 0 Å². The Bertz CT molecular complexity index is 896. The fourth-order valence-corrected chi connectivity index (χ4v) is 3.32. The van der Waals surface area contributed by atoms with E-state index in [0.717, 1.165) is 5.56 Å². The average Bonchev–Trinajstić information content (AvgIpc) is 3.10. The lowest BCUT2D eigenvalue weighted by molar-refractivity contribution is 0.178. The summed E-state index contributed by atoms with van der Waals surface area (Å²) in [6.45, 7) is 4.03. The Morgan fingerprint density at radius 2 is 1.84 bits per heavy atom. The van der Waals surface area contributed by atoms with Crippen LogP contribution in [0.4, 0.5) is 0 Å². The maximum Gasteiger partial charge on any atom is 0.137 e. The molecule has 0 amide bonds. The summed E-state index contributed by atoms with van der Waals surface area (Å²) in [5.41, 5.74) is 1.89. The molecule has 0 radical (unpaired) electrons. The molecule has 128 valence electrons. The van der Waals surface area contributed by atoms with Gasteiger partial charge in [0.2, 0.25) is 0 Å². The fourth-order valence-electron chi connectivity index (χ4n) is 2.61. The maximum absolute atomic E-state index is 11.0. The summed E-state index contributed by atoms with van der Waals surface area (Å²) in [6, 6.07) is 11.6. The highest BCUT2D eigenvalue weighted by Crippen LogP contribution is 2.35. The molecular formula is C18H14Cl3N3O. The zero-order chi connectivity index (χ0) is 18.0. The van der Waals surface area contributed by atoms with E-state index in [1.165, 1.54) is 17.3 Å². The number of benzene rings is 2. The molecule has 1 heterocycles. The molecule has 7 heteroatoms. The Morgan fingerprint density at radius 1 is 1.08 bits per heavy atom. The minimum atomic E-state index is -1.00. The van der Waals surface area contributed by atoms with Crippen molar-refractivity contribution in [1.29, 1.82) is 0 Å². The molecule has 2 aromatic carbocycles. The molecule has 1 aromatic heterocycles. The third-order valence-corrected chi connectivity index (χ3v) is 4.65. The van der Waals surface area contributed by atoms with Gasteiger partial charge >= 0.3 is 0 Å². The summed E-state index contributed by atoms with van der Waals surface area (Å²) in [6.07, 6.45) is 1.91. The second kappa shape index (κ2) is 7.58. The van der Waals surface area contributed by atoms with E-state index in [2.05, 4.69) is 16.7 Å². The molecule has 0 aliphatic carbocycles. The number of hydrogen-bond donors (Lipinski definition) is 1. The van der Waals surface area contributed by atoms with Gasteiger partial charge in [0.15, 0.2) is 0 Å². The molecule has 2 unspecified atom stereocenters. The summed E-state index contributed by atoms with van der Waals surface area (Å²) in [5.74, 6) is 0. The van der Waals surface area contributed by atoms with Gasteiger partial charge in [-0.05, 0) is 41.0 Å². The molecule has 0 spiro atoms. The van der Waals surface area contributed by atoms with Crippen molar-refractivity contribution in [1.82, 2.24) is 14.8 Å². The van der Waals surface area contributed by atoms with Crippen LogP contribution in [-0.4, -0.2) is 26.0 Å². The SMILES string of the molecule is C=C(c1cccc(Cl)c1)C(O)C(c1ccc(Cl)cc1Cl)n1cncn1. The van der Waals surface area contributed by atoms with Gasteiger partial charge in [-0.15, -0.1) is 0 Å². The van der Waals surface area contributed by atoms with Crippen LogP contribution >= 0.6 is 34.8 Å². The highest BCUT2D eigenvalue weighted by atomic mass is 35.5. The molecule has 0 bridgehead atoms. The maximum atomic E-state index is 11.0. The summed E-state index contributed by atoms with van der Waals surface area (Å²) in [7, 11) is 0. The number of rotatable bonds is 5. The van der Waals surface area contributed by atoms with E-state index in [0.29, 0.717) is 26.2 Å². The van der Waals surface area contributed by atoms with Gasteiger partial charge in [0, 0.05) is 15.1 Å². The fraction of sp³-hybridized carbons (Fsp3) is 0.111. The van der Waals surface area contributed by atoms with Crippen LogP contribution in [0.25, 0.3) is 5.57 Å². The summed E-state index contributed by atoms with van der Waals surface area (Å²) < 4.78 is 1.54. The third-order valence-electron chi connectivity index (χ3n) is 3.85. The predicted octanol–water partition coefficient (Wildman–Crippen LogP) is 4.90. The zero-order valence-electron chi connectivity index (χ0n) is 13.0. The van der Waals surface area contributed by atoms with Crippen LogP contribution in [0, 0.1) is 0 Å². The molecule has 0 fully saturated rings. The number of aliphatic hydroxyl groups is 1. The van der Waals surface area contributed by atoms with Crippen molar-refractivity contribution < 1.29 is 5.11 Å². The highest BCUT2D eigenvalue weighted by molar-refractivity contribution is 6.35. The number of hydrogen-bond acceptors (Lipinski definition) is 3. The first-order chi connectivity index (χ1) is 12.0. The summed E-state index contributed by atoms with van der Waals surface area (Å²) in [5, 5.41) is 16.7. The van der Waals surface area contributed by atoms with E-state index in [9.17, 15) is 5.11 Å². The number of nitrogens with zero attached hydrogens (tertiary/aromatic N) is 3. The van der Waals surface area contributed by atoms with Crippen molar-refractivity contribution in [2.75, 3.05) is 0 Å². The minimum Gasteiger partial charge on any atom is -0.386 e. The van der Waals surface area contributed by atoms with Crippen molar-refractivity contribution >= 4 is 40.4 Å². The van der Waals surface area contributed by atoms with Gasteiger partial charge in [0.1, 0.15) is 24.8 Å². The quantitative estimate of drug-likeness (QED) is 0.669. The molecule has 1 N–H and O–H groups in total. The first-order valence-electron chi connectivity index (χ1n) is 7.39. The van der Waals surface area contributed by atoms with Crippen molar-refractivity contribution in [3.63, 3.8) is 0 Å². The molecule has 0 aliphatic rings. The van der Waals surface area contributed by atoms with Crippen molar-refractivity contribution in [3.8, 4) is 0 Å². The standard InChI is InChI=1S/C18H14Cl3N3O/c1-11(12-3-2-4-13(19)7-12)18(25)17(24-10-22-9-23-24)15-6-5-14(20)8-16(15)21/h2-10,17-18,25H,1H2. The normalized spacial score (nSPS) is 13.4. The van der Waals surface area contributed by atoms with E-state index >= 15 is 0 Å². The monoisotopic (exact) mass is 393 g/mol. The lowest BCUT2D eigenvalue weighted by atomic mass is 9.92. The molecule has 4 nitrogen and oxygen atoms in total. The van der Waals surface area contributed by atoms with E-state index in [1.807, 2.05) is 6.07 Å². The molecule has 25 heavy (non-hydrogen) atoms. The Balaban J connectivity index is 2.04. The first-order valence-corrected chi connectivity index (χ1v) is 8.52. The van der Waals surface area contributed by atoms with Gasteiger partial charge in [0.05, 0.1) is 0 Å². The second-order valence-corrected chi connectivity index (χ2v) is 6.75. The highest BCUT2D eigenvalue weighted by Gasteiger charge is 2.28. The average molecular weight is 395 g/mol. The lowest BCUT2D eigenvalue weighted by Gasteiger charge is -2.26. The van der Waals surface area contributed by atoms with Gasteiger partial charge in [-0.25, -0.2) is 9.67 Å². The molecule has 0 saturated carbocycles. The van der Waals surface area contributed by atoms with Gasteiger partial charge in [0.25, 0.3) is 0 Å². The molecule has 2 atom stereocenters. The van der Waals surface area contributed by atoms with Crippen LogP contribution in [0.3, 0.4) is 0 Å². The van der Waals surface area contributed by atoms with Gasteiger partial charge in [-0.3, -0.25) is 0 Å². The topological polar surface area (TPSA) is 50.9 Å². The minimum absolute atomic E-state index is 0.422. The first kappa shape index (κ1) is 18.0. The van der Waals surface area contributed by atoms with E-state index in [4.69, 9.17) is 34.8 Å². The van der Waals surface area contributed by atoms with Gasteiger partial charge < -0.3 is 5.11 Å². The zero-order valence-corrected chi connectivity index (χ0v) is 15.2. The number of aliphatic hydroxyl groups excluding tert-OH is 1. The molecule has 3 aromatic rings. The van der Waals surface area contributed by atoms with Gasteiger partial charge in [-0.1, -0.05) is 59.6 Å². The van der Waals surface area contributed by atoms with Crippen molar-refractivity contribution in [3.05, 3.63) is 87.9 Å². The van der Waals surface area contributed by atoms with Gasteiger partial charge in [-0.2, -0.15) is 5.10 Å². The number of halogens is 3. The van der Waals surface area contributed by atoms with Crippen LogP contribution < -0.4 is 0 Å². The summed E-state index contributed by atoms with van der Waals surface area (Å²) in [4.78, 5) is 3.97. The van der Waals surface area contributed by atoms with Crippen LogP contribution in [0.15, 0.2) is 61.7 Å². The largest absolute Gasteiger partial charge is 0.386 e. The molecule has 3 rings (SSSR count). The second-order valence-electron chi connectivity index (χ2n) is 5.47. The lowest BCUT2D eigenvalue weighted by Crippen LogP contribution is -2.27.